The summed E-state index contributed by atoms with van der Waals surface area (Å²) in [5, 5.41) is 3.98. The maximum atomic E-state index is 12.6. The van der Waals surface area contributed by atoms with Gasteiger partial charge in [-0.25, -0.2) is 8.42 Å². The van der Waals surface area contributed by atoms with E-state index in [9.17, 15) is 13.2 Å². The molecule has 0 fully saturated rings. The molecule has 3 aromatic rings. The third-order valence-corrected chi connectivity index (χ3v) is 6.28. The van der Waals surface area contributed by atoms with Crippen LogP contribution in [0.4, 0.5) is 5.69 Å². The van der Waals surface area contributed by atoms with Crippen molar-refractivity contribution >= 4 is 21.6 Å². The number of benzene rings is 2. The van der Waals surface area contributed by atoms with E-state index in [2.05, 4.69) is 10.1 Å². The van der Waals surface area contributed by atoms with E-state index in [1.165, 1.54) is 9.21 Å². The number of amides is 1. The van der Waals surface area contributed by atoms with E-state index in [-0.39, 0.29) is 25.4 Å². The number of ether oxygens (including phenoxy) is 1. The zero-order chi connectivity index (χ0) is 24.0. The summed E-state index contributed by atoms with van der Waals surface area (Å²) in [6.45, 7) is 2.35. The Labute approximate surface area is 194 Å². The van der Waals surface area contributed by atoms with Crippen LogP contribution in [-0.2, 0) is 21.4 Å². The summed E-state index contributed by atoms with van der Waals surface area (Å²) >= 11 is 0. The lowest BCUT2D eigenvalue weighted by molar-refractivity contribution is -0.130. The molecule has 0 spiro atoms. The fourth-order valence-corrected chi connectivity index (χ4v) is 4.20. The maximum Gasteiger partial charge on any atom is 0.246 e. The fraction of sp³-hybridized carbons (Fsp3) is 0.348. The van der Waals surface area contributed by atoms with Crippen LogP contribution in [0.1, 0.15) is 24.3 Å². The van der Waals surface area contributed by atoms with Crippen molar-refractivity contribution in [2.45, 2.75) is 26.3 Å². The van der Waals surface area contributed by atoms with Crippen LogP contribution < -0.4 is 9.04 Å². The minimum atomic E-state index is -3.50. The number of sulfonamides is 1. The molecule has 33 heavy (non-hydrogen) atoms. The summed E-state index contributed by atoms with van der Waals surface area (Å²) in [6.07, 6.45) is 1.69. The Morgan fingerprint density at radius 2 is 1.76 bits per heavy atom. The van der Waals surface area contributed by atoms with Gasteiger partial charge in [-0.1, -0.05) is 35.0 Å². The average Bonchev–Trinajstić information content (AvgIpc) is 3.24. The van der Waals surface area contributed by atoms with Gasteiger partial charge in [0.2, 0.25) is 27.6 Å². The lowest BCUT2D eigenvalue weighted by atomic mass is 10.1. The average molecular weight is 473 g/mol. The monoisotopic (exact) mass is 472 g/mol. The van der Waals surface area contributed by atoms with Gasteiger partial charge in [-0.05, 0) is 37.6 Å². The summed E-state index contributed by atoms with van der Waals surface area (Å²) in [5.41, 5.74) is 2.49. The van der Waals surface area contributed by atoms with Crippen molar-refractivity contribution in [2.24, 2.45) is 0 Å². The number of methoxy groups -OCH3 is 1. The second-order valence-corrected chi connectivity index (χ2v) is 9.67. The Balaban J connectivity index is 1.55. The number of aromatic nitrogens is 2. The van der Waals surface area contributed by atoms with Crippen molar-refractivity contribution in [3.63, 3.8) is 0 Å². The first kappa shape index (κ1) is 24.2. The molecule has 0 N–H and O–H groups in total. The summed E-state index contributed by atoms with van der Waals surface area (Å²) in [7, 11) is -0.303. The first-order valence-electron chi connectivity index (χ1n) is 10.4. The van der Waals surface area contributed by atoms with Crippen LogP contribution in [0.3, 0.4) is 0 Å². The molecule has 1 heterocycles. The van der Waals surface area contributed by atoms with E-state index < -0.39 is 10.0 Å². The molecule has 9 nitrogen and oxygen atoms in total. The normalized spacial score (nSPS) is 11.3. The van der Waals surface area contributed by atoms with Crippen LogP contribution in [0, 0.1) is 6.92 Å². The highest BCUT2D eigenvalue weighted by molar-refractivity contribution is 7.92. The zero-order valence-electron chi connectivity index (χ0n) is 19.2. The second kappa shape index (κ2) is 10.5. The van der Waals surface area contributed by atoms with Gasteiger partial charge in [-0.3, -0.25) is 9.10 Å². The molecule has 0 saturated heterocycles. The molecule has 0 bridgehead atoms. The summed E-state index contributed by atoms with van der Waals surface area (Å²) in [4.78, 5) is 18.4. The molecule has 176 valence electrons. The first-order chi connectivity index (χ1) is 15.7. The molecule has 2 aromatic carbocycles. The molecule has 1 aromatic heterocycles. The Morgan fingerprint density at radius 1 is 1.09 bits per heavy atom. The van der Waals surface area contributed by atoms with Crippen molar-refractivity contribution in [1.82, 2.24) is 15.0 Å². The van der Waals surface area contributed by atoms with E-state index in [1.54, 1.807) is 38.4 Å². The van der Waals surface area contributed by atoms with Gasteiger partial charge in [0.25, 0.3) is 0 Å². The number of carbonyl (C=O) groups excluding carboxylic acids is 1. The van der Waals surface area contributed by atoms with Gasteiger partial charge < -0.3 is 14.2 Å². The minimum absolute atomic E-state index is 0.145. The van der Waals surface area contributed by atoms with Gasteiger partial charge in [-0.15, -0.1) is 0 Å². The van der Waals surface area contributed by atoms with E-state index in [0.717, 1.165) is 17.4 Å². The smallest absolute Gasteiger partial charge is 0.246 e. The molecule has 0 aliphatic carbocycles. The van der Waals surface area contributed by atoms with Crippen molar-refractivity contribution in [3.05, 3.63) is 60.0 Å². The molecule has 3 rings (SSSR count). The van der Waals surface area contributed by atoms with E-state index in [1.807, 2.05) is 31.2 Å². The first-order valence-corrected chi connectivity index (χ1v) is 12.3. The van der Waals surface area contributed by atoms with Crippen molar-refractivity contribution < 1.29 is 22.5 Å². The Hall–Kier alpha value is -3.40. The zero-order valence-corrected chi connectivity index (χ0v) is 20.0. The number of anilines is 1. The Bertz CT molecular complexity index is 1170. The van der Waals surface area contributed by atoms with E-state index >= 15 is 0 Å². The Kier molecular flexibility index (Phi) is 7.70. The van der Waals surface area contributed by atoms with Crippen LogP contribution in [0.25, 0.3) is 11.4 Å². The van der Waals surface area contributed by atoms with Crippen molar-refractivity contribution in [3.8, 4) is 17.1 Å². The van der Waals surface area contributed by atoms with E-state index in [4.69, 9.17) is 9.26 Å². The van der Waals surface area contributed by atoms with Crippen LogP contribution >= 0.6 is 0 Å². The lowest BCUT2D eigenvalue weighted by Gasteiger charge is -2.23. The summed E-state index contributed by atoms with van der Waals surface area (Å²) in [5.74, 6) is 1.29. The quantitative estimate of drug-likeness (QED) is 0.446. The van der Waals surface area contributed by atoms with Crippen LogP contribution in [0.5, 0.6) is 5.75 Å². The van der Waals surface area contributed by atoms with Crippen molar-refractivity contribution in [2.75, 3.05) is 31.3 Å². The largest absolute Gasteiger partial charge is 0.497 e. The molecule has 0 radical (unpaired) electrons. The predicted molar refractivity (Wildman–Crippen MR) is 125 cm³/mol. The molecule has 0 saturated carbocycles. The highest BCUT2D eigenvalue weighted by Gasteiger charge is 2.19. The van der Waals surface area contributed by atoms with Gasteiger partial charge in [-0.2, -0.15) is 4.98 Å². The SMILES string of the molecule is COc1ccc(N(CCCC(=O)N(C)Cc2nc(-c3ccc(C)cc3)no2)S(C)(=O)=O)cc1. The molecular formula is C23H28N4O5S. The number of hydrogen-bond acceptors (Lipinski definition) is 7. The maximum absolute atomic E-state index is 12.6. The number of aryl methyl sites for hydroxylation is 1. The van der Waals surface area contributed by atoms with Crippen LogP contribution in [-0.4, -0.2) is 56.3 Å². The third-order valence-electron chi connectivity index (χ3n) is 5.09. The van der Waals surface area contributed by atoms with Gasteiger partial charge >= 0.3 is 0 Å². The number of nitrogens with zero attached hydrogens (tertiary/aromatic N) is 4. The van der Waals surface area contributed by atoms with Crippen molar-refractivity contribution in [1.29, 1.82) is 0 Å². The van der Waals surface area contributed by atoms with Crippen LogP contribution in [0.15, 0.2) is 53.1 Å². The summed E-state index contributed by atoms with van der Waals surface area (Å²) in [6, 6.07) is 14.5. The van der Waals surface area contributed by atoms with E-state index in [0.29, 0.717) is 29.6 Å². The predicted octanol–water partition coefficient (Wildman–Crippen LogP) is 3.26. The molecule has 0 unspecified atom stereocenters. The molecule has 1 amide bonds. The molecule has 0 aliphatic rings. The fourth-order valence-electron chi connectivity index (χ4n) is 3.23. The summed E-state index contributed by atoms with van der Waals surface area (Å²) < 4.78 is 36.2. The van der Waals surface area contributed by atoms with Gasteiger partial charge in [0.1, 0.15) is 5.75 Å². The van der Waals surface area contributed by atoms with Gasteiger partial charge in [0.05, 0.1) is 25.6 Å². The Morgan fingerprint density at radius 3 is 2.36 bits per heavy atom. The highest BCUT2D eigenvalue weighted by Crippen LogP contribution is 2.22. The lowest BCUT2D eigenvalue weighted by Crippen LogP contribution is -2.32. The number of hydrogen-bond donors (Lipinski definition) is 0. The topological polar surface area (TPSA) is 106 Å². The standard InChI is InChI=1S/C23H28N4O5S/c1-17-7-9-18(10-8-17)23-24-21(32-25-23)16-26(2)22(28)6-5-15-27(33(4,29)30)19-11-13-20(31-3)14-12-19/h7-14H,5-6,15-16H2,1-4H3. The minimum Gasteiger partial charge on any atom is -0.497 e. The van der Waals surface area contributed by atoms with Crippen LogP contribution in [0.2, 0.25) is 0 Å². The molecular weight excluding hydrogens is 444 g/mol. The highest BCUT2D eigenvalue weighted by atomic mass is 32.2. The molecule has 0 aliphatic heterocycles. The third kappa shape index (κ3) is 6.55. The van der Waals surface area contributed by atoms with Gasteiger partial charge in [0.15, 0.2) is 0 Å². The molecule has 0 atom stereocenters. The second-order valence-electron chi connectivity index (χ2n) is 7.76. The van der Waals surface area contributed by atoms with Gasteiger partial charge in [0, 0.05) is 25.6 Å². The molecule has 10 heteroatoms. The number of rotatable bonds is 10. The number of carbonyl (C=O) groups is 1.